The van der Waals surface area contributed by atoms with Gasteiger partial charge in [0.25, 0.3) is 0 Å². The minimum Gasteiger partial charge on any atom is -0.327 e. The molecule has 1 aliphatic carbocycles. The Hall–Kier alpha value is -0.420. The van der Waals surface area contributed by atoms with Gasteiger partial charge in [0.15, 0.2) is 9.84 Å². The summed E-state index contributed by atoms with van der Waals surface area (Å²) in [7, 11) is -3.19. The van der Waals surface area contributed by atoms with E-state index < -0.39 is 14.6 Å². The van der Waals surface area contributed by atoms with E-state index in [2.05, 4.69) is 0 Å². The minimum atomic E-state index is -3.19. The first kappa shape index (κ1) is 14.6. The minimum absolute atomic E-state index is 0.0303. The van der Waals surface area contributed by atoms with Gasteiger partial charge in [-0.3, -0.25) is 4.79 Å². The fraction of sp³-hybridized carbons (Fsp3) is 0.917. The van der Waals surface area contributed by atoms with Crippen LogP contribution in [0.2, 0.25) is 0 Å². The number of hydrogen-bond acceptors (Lipinski definition) is 4. The maximum Gasteiger partial charge on any atom is 0.155 e. The average Bonchev–Trinajstić information content (AvgIpc) is 2.95. The van der Waals surface area contributed by atoms with Crippen molar-refractivity contribution in [3.8, 4) is 0 Å². The number of carbonyl (C=O) groups is 1. The number of carbonyl (C=O) groups excluding carboxylic acids is 1. The molecule has 1 atom stereocenters. The number of Topliss-reactive ketones (excluding diaryl/α,β-unsaturated/α-hetero) is 1. The zero-order valence-corrected chi connectivity index (χ0v) is 11.7. The summed E-state index contributed by atoms with van der Waals surface area (Å²) in [4.78, 5) is 11.6. The van der Waals surface area contributed by atoms with Crippen LogP contribution in [-0.4, -0.2) is 30.7 Å². The van der Waals surface area contributed by atoms with Crippen LogP contribution < -0.4 is 5.73 Å². The van der Waals surface area contributed by atoms with Crippen LogP contribution in [0.1, 0.15) is 46.5 Å². The Labute approximate surface area is 104 Å². The predicted octanol–water partition coefficient (Wildman–Crippen LogP) is 1.29. The zero-order chi connectivity index (χ0) is 13.3. The molecule has 0 amide bonds. The average molecular weight is 261 g/mol. The van der Waals surface area contributed by atoms with Crippen molar-refractivity contribution < 1.29 is 13.2 Å². The van der Waals surface area contributed by atoms with Crippen LogP contribution in [0.4, 0.5) is 0 Å². The Bertz CT molecular complexity index is 377. The van der Waals surface area contributed by atoms with Crippen LogP contribution in [0, 0.1) is 5.92 Å². The molecule has 0 bridgehead atoms. The number of rotatable bonds is 6. The molecular formula is C12H23NO3S. The monoisotopic (exact) mass is 261 g/mol. The summed E-state index contributed by atoms with van der Waals surface area (Å²) < 4.78 is 22.8. The predicted molar refractivity (Wildman–Crippen MR) is 68.5 cm³/mol. The van der Waals surface area contributed by atoms with E-state index in [1.807, 2.05) is 0 Å². The second-order valence-electron chi connectivity index (χ2n) is 5.93. The smallest absolute Gasteiger partial charge is 0.155 e. The van der Waals surface area contributed by atoms with Gasteiger partial charge in [-0.05, 0) is 39.5 Å². The van der Waals surface area contributed by atoms with Crippen LogP contribution in [0.3, 0.4) is 0 Å². The molecule has 4 nitrogen and oxygen atoms in total. The Morgan fingerprint density at radius 2 is 1.88 bits per heavy atom. The summed E-state index contributed by atoms with van der Waals surface area (Å²) >= 11 is 0. The van der Waals surface area contributed by atoms with Gasteiger partial charge < -0.3 is 5.73 Å². The Balaban J connectivity index is 2.37. The maximum atomic E-state index is 11.8. The van der Waals surface area contributed by atoms with Crippen molar-refractivity contribution in [3.05, 3.63) is 0 Å². The lowest BCUT2D eigenvalue weighted by atomic mass is 10.1. The molecule has 17 heavy (non-hydrogen) atoms. The molecule has 0 radical (unpaired) electrons. The lowest BCUT2D eigenvalue weighted by molar-refractivity contribution is -0.119. The largest absolute Gasteiger partial charge is 0.327 e. The van der Waals surface area contributed by atoms with E-state index in [-0.39, 0.29) is 24.0 Å². The molecule has 0 aromatic heterocycles. The van der Waals surface area contributed by atoms with E-state index >= 15 is 0 Å². The first-order chi connectivity index (χ1) is 7.63. The van der Waals surface area contributed by atoms with E-state index in [1.165, 1.54) is 0 Å². The molecule has 1 rings (SSSR count). The summed E-state index contributed by atoms with van der Waals surface area (Å²) in [5, 5.41) is 0. The molecule has 1 unspecified atom stereocenters. The van der Waals surface area contributed by atoms with Gasteiger partial charge in [0.05, 0.1) is 10.5 Å². The van der Waals surface area contributed by atoms with E-state index in [1.54, 1.807) is 20.8 Å². The quantitative estimate of drug-likeness (QED) is 0.781. The second kappa shape index (κ2) is 5.06. The highest BCUT2D eigenvalue weighted by molar-refractivity contribution is 7.92. The van der Waals surface area contributed by atoms with Crippen LogP contribution in [0.15, 0.2) is 0 Å². The molecule has 1 aliphatic rings. The normalized spacial score (nSPS) is 19.1. The van der Waals surface area contributed by atoms with Crippen LogP contribution >= 0.6 is 0 Å². The maximum absolute atomic E-state index is 11.8. The van der Waals surface area contributed by atoms with Gasteiger partial charge in [-0.1, -0.05) is 0 Å². The molecule has 100 valence electrons. The number of sulfone groups is 1. The summed E-state index contributed by atoms with van der Waals surface area (Å²) in [6.07, 6.45) is 2.63. The van der Waals surface area contributed by atoms with Crippen LogP contribution in [-0.2, 0) is 14.6 Å². The third-order valence-electron chi connectivity index (χ3n) is 3.27. The molecule has 1 fully saturated rings. The number of hydrogen-bond donors (Lipinski definition) is 1. The van der Waals surface area contributed by atoms with Gasteiger partial charge in [-0.15, -0.1) is 0 Å². The molecule has 1 saturated carbocycles. The molecule has 0 heterocycles. The summed E-state index contributed by atoms with van der Waals surface area (Å²) in [5.74, 6) is 0.391. The fourth-order valence-corrected chi connectivity index (χ4v) is 2.72. The first-order valence-corrected chi connectivity index (χ1v) is 7.78. The fourth-order valence-electron chi connectivity index (χ4n) is 1.61. The van der Waals surface area contributed by atoms with E-state index in [0.717, 1.165) is 12.8 Å². The third kappa shape index (κ3) is 4.39. The molecule has 2 N–H and O–H groups in total. The lowest BCUT2D eigenvalue weighted by Crippen LogP contribution is -2.32. The summed E-state index contributed by atoms with van der Waals surface area (Å²) in [6.45, 7) is 4.97. The highest BCUT2D eigenvalue weighted by Gasteiger charge is 2.32. The van der Waals surface area contributed by atoms with Crippen molar-refractivity contribution >= 4 is 15.6 Å². The Morgan fingerprint density at radius 1 is 1.35 bits per heavy atom. The second-order valence-corrected chi connectivity index (χ2v) is 8.79. The standard InChI is InChI=1S/C12H23NO3S/c1-12(2,3)17(15,16)7-6-10(14)8-11(13)9-4-5-9/h9,11H,4-8,13H2,1-3H3. The van der Waals surface area contributed by atoms with Crippen molar-refractivity contribution in [1.82, 2.24) is 0 Å². The summed E-state index contributed by atoms with van der Waals surface area (Å²) in [5.41, 5.74) is 5.83. The molecule has 0 aromatic rings. The van der Waals surface area contributed by atoms with Crippen molar-refractivity contribution in [3.63, 3.8) is 0 Å². The van der Waals surface area contributed by atoms with Gasteiger partial charge in [0.1, 0.15) is 5.78 Å². The van der Waals surface area contributed by atoms with E-state index in [4.69, 9.17) is 5.73 Å². The van der Waals surface area contributed by atoms with E-state index in [9.17, 15) is 13.2 Å². The SMILES string of the molecule is CC(C)(C)S(=O)(=O)CCC(=O)CC(N)C1CC1. The van der Waals surface area contributed by atoms with Crippen LogP contribution in [0.5, 0.6) is 0 Å². The number of nitrogens with two attached hydrogens (primary N) is 1. The lowest BCUT2D eigenvalue weighted by Gasteiger charge is -2.19. The van der Waals surface area contributed by atoms with Gasteiger partial charge in [-0.25, -0.2) is 8.42 Å². The Kier molecular flexibility index (Phi) is 4.36. The third-order valence-corrected chi connectivity index (χ3v) is 5.88. The van der Waals surface area contributed by atoms with Crippen molar-refractivity contribution in [2.75, 3.05) is 5.75 Å². The van der Waals surface area contributed by atoms with Gasteiger partial charge in [0, 0.05) is 18.9 Å². The highest BCUT2D eigenvalue weighted by atomic mass is 32.2. The Morgan fingerprint density at radius 3 is 2.29 bits per heavy atom. The molecule has 0 saturated heterocycles. The first-order valence-electron chi connectivity index (χ1n) is 6.13. The molecule has 0 aromatic carbocycles. The molecular weight excluding hydrogens is 238 g/mol. The van der Waals surface area contributed by atoms with Gasteiger partial charge in [0.2, 0.25) is 0 Å². The highest BCUT2D eigenvalue weighted by Crippen LogP contribution is 2.33. The molecule has 0 spiro atoms. The molecule has 0 aliphatic heterocycles. The van der Waals surface area contributed by atoms with Gasteiger partial charge in [-0.2, -0.15) is 0 Å². The van der Waals surface area contributed by atoms with Crippen LogP contribution in [0.25, 0.3) is 0 Å². The van der Waals surface area contributed by atoms with Crippen molar-refractivity contribution in [2.24, 2.45) is 11.7 Å². The van der Waals surface area contributed by atoms with Gasteiger partial charge >= 0.3 is 0 Å². The van der Waals surface area contributed by atoms with Crippen molar-refractivity contribution in [2.45, 2.75) is 57.2 Å². The molecule has 5 heteroatoms. The van der Waals surface area contributed by atoms with E-state index in [0.29, 0.717) is 12.3 Å². The summed E-state index contributed by atoms with van der Waals surface area (Å²) in [6, 6.07) is -0.0696. The van der Waals surface area contributed by atoms with Crippen molar-refractivity contribution in [1.29, 1.82) is 0 Å². The zero-order valence-electron chi connectivity index (χ0n) is 10.9. The topological polar surface area (TPSA) is 77.2 Å². The number of ketones is 1.